The Labute approximate surface area is 168 Å². The lowest BCUT2D eigenvalue weighted by Gasteiger charge is -2.22. The number of halogens is 3. The Morgan fingerprint density at radius 3 is 2.71 bits per heavy atom. The number of nitrogens with one attached hydrogen (secondary N) is 1. The molecule has 1 aromatic carbocycles. The summed E-state index contributed by atoms with van der Waals surface area (Å²) in [6.45, 7) is 1.46. The third-order valence-corrected chi connectivity index (χ3v) is 4.07. The fraction of sp³-hybridized carbons (Fsp3) is 0.353. The highest BCUT2D eigenvalue weighted by Crippen LogP contribution is 2.15. The molecule has 0 fully saturated rings. The second-order valence-electron chi connectivity index (χ2n) is 5.47. The lowest BCUT2D eigenvalue weighted by molar-refractivity contribution is 0.462. The van der Waals surface area contributed by atoms with E-state index in [1.807, 2.05) is 26.4 Å². The van der Waals surface area contributed by atoms with Gasteiger partial charge in [-0.25, -0.2) is 4.39 Å². The van der Waals surface area contributed by atoms with E-state index in [2.05, 4.69) is 41.8 Å². The van der Waals surface area contributed by atoms with Crippen molar-refractivity contribution in [2.45, 2.75) is 13.0 Å². The molecular weight excluding hydrogens is 486 g/mol. The van der Waals surface area contributed by atoms with Crippen LogP contribution < -0.4 is 5.32 Å². The van der Waals surface area contributed by atoms with E-state index in [0.717, 1.165) is 29.0 Å². The fourth-order valence-electron chi connectivity index (χ4n) is 2.44. The van der Waals surface area contributed by atoms with Gasteiger partial charge >= 0.3 is 0 Å². The number of aliphatic imine (C=N–C) groups is 1. The van der Waals surface area contributed by atoms with Gasteiger partial charge < -0.3 is 14.8 Å². The molecule has 0 radical (unpaired) electrons. The first-order valence-corrected chi connectivity index (χ1v) is 8.26. The van der Waals surface area contributed by atoms with Crippen LogP contribution in [-0.2, 0) is 20.0 Å². The Morgan fingerprint density at radius 1 is 1.38 bits per heavy atom. The van der Waals surface area contributed by atoms with Crippen molar-refractivity contribution in [3.05, 3.63) is 58.1 Å². The lowest BCUT2D eigenvalue weighted by atomic mass is 10.1. The SMILES string of the molecule is CN=C(NCCc1cccc(F)c1)N(C)Cc1cc(Br)cn1C.I. The number of hydrogen-bond donors (Lipinski definition) is 1. The maximum Gasteiger partial charge on any atom is 0.193 e. The maximum absolute atomic E-state index is 13.2. The third-order valence-electron chi connectivity index (χ3n) is 3.63. The van der Waals surface area contributed by atoms with E-state index in [1.54, 1.807) is 19.2 Å². The molecule has 1 aromatic heterocycles. The standard InChI is InChI=1S/C17H22BrFN4.HI/c1-20-17(21-8-7-13-5-4-6-15(19)9-13)23(3)12-16-10-14(18)11-22(16)2;/h4-6,9-11H,7-8,12H2,1-3H3,(H,20,21);1H. The van der Waals surface area contributed by atoms with Crippen molar-refractivity contribution in [3.63, 3.8) is 0 Å². The van der Waals surface area contributed by atoms with E-state index >= 15 is 0 Å². The van der Waals surface area contributed by atoms with E-state index in [1.165, 1.54) is 11.8 Å². The van der Waals surface area contributed by atoms with E-state index in [0.29, 0.717) is 6.54 Å². The van der Waals surface area contributed by atoms with Gasteiger partial charge in [-0.1, -0.05) is 12.1 Å². The van der Waals surface area contributed by atoms with Crippen LogP contribution in [0, 0.1) is 5.82 Å². The molecule has 4 nitrogen and oxygen atoms in total. The summed E-state index contributed by atoms with van der Waals surface area (Å²) in [5.41, 5.74) is 2.16. The summed E-state index contributed by atoms with van der Waals surface area (Å²) in [4.78, 5) is 6.37. The first kappa shape index (κ1) is 21.0. The van der Waals surface area contributed by atoms with Crippen LogP contribution in [-0.4, -0.2) is 36.1 Å². The van der Waals surface area contributed by atoms with Crippen molar-refractivity contribution < 1.29 is 4.39 Å². The maximum atomic E-state index is 13.2. The molecule has 1 heterocycles. The third kappa shape index (κ3) is 6.08. The zero-order valence-electron chi connectivity index (χ0n) is 14.1. The average Bonchev–Trinajstić information content (AvgIpc) is 2.81. The van der Waals surface area contributed by atoms with Gasteiger partial charge in [0.2, 0.25) is 0 Å². The molecule has 0 atom stereocenters. The summed E-state index contributed by atoms with van der Waals surface area (Å²) in [6, 6.07) is 8.78. The Morgan fingerprint density at radius 2 is 2.12 bits per heavy atom. The molecule has 0 unspecified atom stereocenters. The Kier molecular flexibility index (Phi) is 8.75. The molecule has 0 spiro atoms. The van der Waals surface area contributed by atoms with Crippen LogP contribution in [0.5, 0.6) is 0 Å². The van der Waals surface area contributed by atoms with Crippen molar-refractivity contribution in [1.29, 1.82) is 0 Å². The highest BCUT2D eigenvalue weighted by atomic mass is 127. The van der Waals surface area contributed by atoms with E-state index in [9.17, 15) is 4.39 Å². The molecule has 0 aliphatic carbocycles. The van der Waals surface area contributed by atoms with Crippen LogP contribution in [0.15, 0.2) is 46.0 Å². The van der Waals surface area contributed by atoms with Gasteiger partial charge in [-0.15, -0.1) is 24.0 Å². The number of aromatic nitrogens is 1. The first-order valence-electron chi connectivity index (χ1n) is 7.46. The predicted molar refractivity (Wildman–Crippen MR) is 111 cm³/mol. The monoisotopic (exact) mass is 508 g/mol. The van der Waals surface area contributed by atoms with Crippen molar-refractivity contribution in [3.8, 4) is 0 Å². The van der Waals surface area contributed by atoms with Crippen LogP contribution in [0.1, 0.15) is 11.3 Å². The van der Waals surface area contributed by atoms with Gasteiger partial charge in [0.25, 0.3) is 0 Å². The van der Waals surface area contributed by atoms with Gasteiger partial charge in [0.05, 0.1) is 6.54 Å². The molecule has 2 rings (SSSR count). The van der Waals surface area contributed by atoms with Crippen molar-refractivity contribution in [2.75, 3.05) is 20.6 Å². The van der Waals surface area contributed by atoms with E-state index in [4.69, 9.17) is 0 Å². The van der Waals surface area contributed by atoms with Crippen LogP contribution in [0.3, 0.4) is 0 Å². The Bertz CT molecular complexity index is 687. The summed E-state index contributed by atoms with van der Waals surface area (Å²) in [6.07, 6.45) is 2.78. The van der Waals surface area contributed by atoms with Crippen LogP contribution in [0.2, 0.25) is 0 Å². The highest BCUT2D eigenvalue weighted by molar-refractivity contribution is 14.0. The molecule has 2 aromatic rings. The summed E-state index contributed by atoms with van der Waals surface area (Å²) in [7, 11) is 5.79. The normalized spacial score (nSPS) is 11.1. The minimum Gasteiger partial charge on any atom is -0.356 e. The van der Waals surface area contributed by atoms with Crippen molar-refractivity contribution >= 4 is 45.9 Å². The minimum absolute atomic E-state index is 0. The topological polar surface area (TPSA) is 32.6 Å². The summed E-state index contributed by atoms with van der Waals surface area (Å²) in [5, 5.41) is 3.32. The van der Waals surface area contributed by atoms with Gasteiger partial charge in [0.1, 0.15) is 5.82 Å². The molecule has 0 bridgehead atoms. The molecule has 0 saturated carbocycles. The molecule has 7 heteroatoms. The molecule has 1 N–H and O–H groups in total. The average molecular weight is 509 g/mol. The van der Waals surface area contributed by atoms with Gasteiger partial charge in [-0.05, 0) is 46.1 Å². The number of aryl methyl sites for hydroxylation is 1. The second kappa shape index (κ2) is 10.0. The quantitative estimate of drug-likeness (QED) is 0.378. The molecule has 0 saturated heterocycles. The molecule has 0 aliphatic heterocycles. The van der Waals surface area contributed by atoms with Gasteiger partial charge in [-0.3, -0.25) is 4.99 Å². The van der Waals surface area contributed by atoms with Gasteiger partial charge in [0, 0.05) is 44.1 Å². The first-order chi connectivity index (χ1) is 11.0. The second-order valence-corrected chi connectivity index (χ2v) is 6.39. The van der Waals surface area contributed by atoms with E-state index in [-0.39, 0.29) is 29.8 Å². The number of guanidine groups is 1. The van der Waals surface area contributed by atoms with E-state index < -0.39 is 0 Å². The Balaban J connectivity index is 0.00000288. The van der Waals surface area contributed by atoms with Crippen LogP contribution >= 0.6 is 39.9 Å². The molecule has 0 amide bonds. The molecule has 132 valence electrons. The largest absolute Gasteiger partial charge is 0.356 e. The Hall–Kier alpha value is -1.09. The predicted octanol–water partition coefficient (Wildman–Crippen LogP) is 3.79. The zero-order valence-corrected chi connectivity index (χ0v) is 18.0. The van der Waals surface area contributed by atoms with Crippen molar-refractivity contribution in [2.24, 2.45) is 12.0 Å². The minimum atomic E-state index is -0.196. The zero-order chi connectivity index (χ0) is 16.8. The fourth-order valence-corrected chi connectivity index (χ4v) is 3.01. The molecule has 0 aliphatic rings. The number of hydrogen-bond acceptors (Lipinski definition) is 1. The van der Waals surface area contributed by atoms with Gasteiger partial charge in [0.15, 0.2) is 5.96 Å². The smallest absolute Gasteiger partial charge is 0.193 e. The number of nitrogens with zero attached hydrogens (tertiary/aromatic N) is 3. The number of benzene rings is 1. The van der Waals surface area contributed by atoms with Crippen LogP contribution in [0.25, 0.3) is 0 Å². The summed E-state index contributed by atoms with van der Waals surface area (Å²) < 4.78 is 16.3. The number of rotatable bonds is 5. The highest BCUT2D eigenvalue weighted by Gasteiger charge is 2.09. The molecular formula is C17H23BrFIN4. The van der Waals surface area contributed by atoms with Crippen LogP contribution in [0.4, 0.5) is 4.39 Å². The van der Waals surface area contributed by atoms with Crippen molar-refractivity contribution in [1.82, 2.24) is 14.8 Å². The lowest BCUT2D eigenvalue weighted by Crippen LogP contribution is -2.39. The summed E-state index contributed by atoms with van der Waals surface area (Å²) in [5.74, 6) is 0.622. The molecule has 24 heavy (non-hydrogen) atoms. The summed E-state index contributed by atoms with van der Waals surface area (Å²) >= 11 is 3.48. The van der Waals surface area contributed by atoms with Gasteiger partial charge in [-0.2, -0.15) is 0 Å².